The number of nitrogens with zero attached hydrogens (tertiary/aromatic N) is 1. The van der Waals surface area contributed by atoms with Gasteiger partial charge in [0.05, 0.1) is 17.8 Å². The molecule has 1 saturated carbocycles. The maximum atomic E-state index is 5.18. The Morgan fingerprint density at radius 1 is 1.58 bits per heavy atom. The van der Waals surface area contributed by atoms with Crippen molar-refractivity contribution < 1.29 is 4.74 Å². The summed E-state index contributed by atoms with van der Waals surface area (Å²) < 4.78 is 5.18. The highest BCUT2D eigenvalue weighted by Crippen LogP contribution is 2.44. The van der Waals surface area contributed by atoms with E-state index < -0.39 is 0 Å². The number of ether oxygens (including phenoxy) is 1. The van der Waals surface area contributed by atoms with Gasteiger partial charge in [0, 0.05) is 19.0 Å². The molecule has 1 aromatic heterocycles. The molecular weight excluding hydrogens is 256 g/mol. The Morgan fingerprint density at radius 2 is 2.37 bits per heavy atom. The first-order valence-electron chi connectivity index (χ1n) is 7.30. The highest BCUT2D eigenvalue weighted by atomic mass is 32.1. The van der Waals surface area contributed by atoms with Gasteiger partial charge in [0.2, 0.25) is 0 Å². The van der Waals surface area contributed by atoms with E-state index in [1.54, 1.807) is 7.11 Å². The van der Waals surface area contributed by atoms with Crippen molar-refractivity contribution in [2.75, 3.05) is 20.3 Å². The Labute approximate surface area is 120 Å². The second-order valence-electron chi connectivity index (χ2n) is 5.92. The van der Waals surface area contributed by atoms with Crippen LogP contribution in [0, 0.1) is 5.92 Å². The molecule has 0 aliphatic heterocycles. The molecule has 2 atom stereocenters. The predicted octanol–water partition coefficient (Wildman–Crippen LogP) is 3.52. The van der Waals surface area contributed by atoms with Crippen LogP contribution in [-0.4, -0.2) is 25.2 Å². The Morgan fingerprint density at radius 3 is 2.89 bits per heavy atom. The van der Waals surface area contributed by atoms with Crippen molar-refractivity contribution in [3.8, 4) is 0 Å². The molecule has 1 heterocycles. The zero-order valence-electron chi connectivity index (χ0n) is 12.5. The van der Waals surface area contributed by atoms with E-state index >= 15 is 0 Å². The molecule has 0 saturated heterocycles. The molecule has 108 valence electrons. The number of thiazole rings is 1. The lowest BCUT2D eigenvalue weighted by Crippen LogP contribution is -2.45. The van der Waals surface area contributed by atoms with Gasteiger partial charge in [0.25, 0.3) is 0 Å². The van der Waals surface area contributed by atoms with Crippen LogP contribution < -0.4 is 5.32 Å². The maximum Gasteiger partial charge on any atom is 0.113 e. The Kier molecular flexibility index (Phi) is 4.98. The van der Waals surface area contributed by atoms with Gasteiger partial charge in [-0.1, -0.05) is 27.2 Å². The zero-order chi connectivity index (χ0) is 13.9. The molecule has 1 N–H and O–H groups in total. The van der Waals surface area contributed by atoms with Gasteiger partial charge in [-0.05, 0) is 24.7 Å². The lowest BCUT2D eigenvalue weighted by atomic mass is 9.88. The number of nitrogens with one attached hydrogen (secondary N) is 1. The summed E-state index contributed by atoms with van der Waals surface area (Å²) in [6.45, 7) is 8.43. The summed E-state index contributed by atoms with van der Waals surface area (Å²) >= 11 is 1.82. The minimum atomic E-state index is 0.0797. The van der Waals surface area contributed by atoms with Gasteiger partial charge >= 0.3 is 0 Å². The third kappa shape index (κ3) is 3.01. The first-order valence-corrected chi connectivity index (χ1v) is 8.18. The molecule has 0 radical (unpaired) electrons. The van der Waals surface area contributed by atoms with Gasteiger partial charge in [-0.15, -0.1) is 11.3 Å². The largest absolute Gasteiger partial charge is 0.383 e. The number of rotatable bonds is 6. The number of methoxy groups -OCH3 is 1. The smallest absolute Gasteiger partial charge is 0.113 e. The zero-order valence-corrected chi connectivity index (χ0v) is 13.3. The van der Waals surface area contributed by atoms with Crippen LogP contribution in [0.25, 0.3) is 0 Å². The minimum absolute atomic E-state index is 0.0797. The molecule has 0 spiro atoms. The molecule has 2 unspecified atom stereocenters. The summed E-state index contributed by atoms with van der Waals surface area (Å²) in [5.74, 6) is 1.16. The first kappa shape index (κ1) is 14.9. The molecule has 0 aromatic carbocycles. The molecule has 0 amide bonds. The van der Waals surface area contributed by atoms with E-state index in [1.165, 1.54) is 30.0 Å². The Balaban J connectivity index is 2.21. The minimum Gasteiger partial charge on any atom is -0.383 e. The third-order valence-electron chi connectivity index (χ3n) is 4.29. The fourth-order valence-electron chi connectivity index (χ4n) is 2.97. The van der Waals surface area contributed by atoms with Gasteiger partial charge in [0.1, 0.15) is 5.01 Å². The predicted molar refractivity (Wildman–Crippen MR) is 80.8 cm³/mol. The van der Waals surface area contributed by atoms with Crippen LogP contribution in [0.15, 0.2) is 5.38 Å². The lowest BCUT2D eigenvalue weighted by molar-refractivity contribution is 0.172. The van der Waals surface area contributed by atoms with Crippen LogP contribution in [0.4, 0.5) is 0 Å². The van der Waals surface area contributed by atoms with Crippen LogP contribution in [-0.2, 0) is 10.3 Å². The average Bonchev–Trinajstić information content (AvgIpc) is 2.98. The summed E-state index contributed by atoms with van der Waals surface area (Å²) in [4.78, 5) is 4.91. The number of hydrogen-bond donors (Lipinski definition) is 1. The van der Waals surface area contributed by atoms with Gasteiger partial charge < -0.3 is 10.1 Å². The summed E-state index contributed by atoms with van der Waals surface area (Å²) in [7, 11) is 1.76. The third-order valence-corrected chi connectivity index (χ3v) is 5.33. The molecule has 0 bridgehead atoms. The first-order chi connectivity index (χ1) is 9.10. The SMILES string of the molecule is COCCNC1(c2nc(C(C)C)cs2)CCCC1C. The van der Waals surface area contributed by atoms with Gasteiger partial charge in [-0.2, -0.15) is 0 Å². The molecule has 1 aliphatic carbocycles. The Hall–Kier alpha value is -0.450. The van der Waals surface area contributed by atoms with E-state index in [-0.39, 0.29) is 5.54 Å². The molecule has 3 nitrogen and oxygen atoms in total. The maximum absolute atomic E-state index is 5.18. The van der Waals surface area contributed by atoms with Crippen molar-refractivity contribution in [3.05, 3.63) is 16.1 Å². The lowest BCUT2D eigenvalue weighted by Gasteiger charge is -2.33. The van der Waals surface area contributed by atoms with E-state index in [1.807, 2.05) is 11.3 Å². The molecule has 1 aliphatic rings. The standard InChI is InChI=1S/C15H26N2OS/c1-11(2)13-10-19-14(17-13)15(16-8-9-18-4)7-5-6-12(15)3/h10-12,16H,5-9H2,1-4H3. The summed E-state index contributed by atoms with van der Waals surface area (Å²) in [6.07, 6.45) is 3.78. The highest BCUT2D eigenvalue weighted by molar-refractivity contribution is 7.09. The van der Waals surface area contributed by atoms with Crippen molar-refractivity contribution in [2.45, 2.75) is 51.5 Å². The van der Waals surface area contributed by atoms with Crippen LogP contribution in [0.2, 0.25) is 0 Å². The quantitative estimate of drug-likeness (QED) is 0.811. The summed E-state index contributed by atoms with van der Waals surface area (Å²) in [5, 5.41) is 7.24. The van der Waals surface area contributed by atoms with E-state index in [2.05, 4.69) is 31.5 Å². The molecule has 1 aromatic rings. The van der Waals surface area contributed by atoms with Crippen molar-refractivity contribution in [3.63, 3.8) is 0 Å². The fraction of sp³-hybridized carbons (Fsp3) is 0.800. The number of hydrogen-bond acceptors (Lipinski definition) is 4. The Bertz CT molecular complexity index is 405. The van der Waals surface area contributed by atoms with E-state index in [9.17, 15) is 0 Å². The van der Waals surface area contributed by atoms with Crippen molar-refractivity contribution in [2.24, 2.45) is 5.92 Å². The second kappa shape index (κ2) is 6.33. The average molecular weight is 282 g/mol. The van der Waals surface area contributed by atoms with Crippen molar-refractivity contribution >= 4 is 11.3 Å². The van der Waals surface area contributed by atoms with Crippen molar-refractivity contribution in [1.82, 2.24) is 10.3 Å². The van der Waals surface area contributed by atoms with Gasteiger partial charge in [-0.3, -0.25) is 0 Å². The molecular formula is C15H26N2OS. The molecule has 19 heavy (non-hydrogen) atoms. The van der Waals surface area contributed by atoms with E-state index in [0.29, 0.717) is 11.8 Å². The van der Waals surface area contributed by atoms with E-state index in [4.69, 9.17) is 9.72 Å². The molecule has 4 heteroatoms. The van der Waals surface area contributed by atoms with Gasteiger partial charge in [0.15, 0.2) is 0 Å². The normalized spacial score (nSPS) is 27.3. The monoisotopic (exact) mass is 282 g/mol. The fourth-order valence-corrected chi connectivity index (χ4v) is 4.27. The van der Waals surface area contributed by atoms with Crippen LogP contribution in [0.1, 0.15) is 56.7 Å². The van der Waals surface area contributed by atoms with Crippen LogP contribution in [0.5, 0.6) is 0 Å². The van der Waals surface area contributed by atoms with E-state index in [0.717, 1.165) is 13.2 Å². The van der Waals surface area contributed by atoms with Gasteiger partial charge in [-0.25, -0.2) is 4.98 Å². The molecule has 1 fully saturated rings. The van der Waals surface area contributed by atoms with Crippen molar-refractivity contribution in [1.29, 1.82) is 0 Å². The number of aromatic nitrogens is 1. The van der Waals surface area contributed by atoms with Crippen LogP contribution in [0.3, 0.4) is 0 Å². The highest BCUT2D eigenvalue weighted by Gasteiger charge is 2.43. The molecule has 2 rings (SSSR count). The second-order valence-corrected chi connectivity index (χ2v) is 6.77. The summed E-state index contributed by atoms with van der Waals surface area (Å²) in [6, 6.07) is 0. The topological polar surface area (TPSA) is 34.1 Å². The summed E-state index contributed by atoms with van der Waals surface area (Å²) in [5.41, 5.74) is 1.31. The van der Waals surface area contributed by atoms with Crippen LogP contribution >= 0.6 is 11.3 Å².